The molecule has 15 heavy (non-hydrogen) atoms. The number of hydrogen-bond acceptors (Lipinski definition) is 3. The van der Waals surface area contributed by atoms with Crippen molar-refractivity contribution in [3.8, 4) is 0 Å². The largest absolute Gasteiger partial charge is 0.379 e. The summed E-state index contributed by atoms with van der Waals surface area (Å²) in [5.41, 5.74) is 6.83. The van der Waals surface area contributed by atoms with E-state index in [-0.39, 0.29) is 0 Å². The lowest BCUT2D eigenvalue weighted by Crippen LogP contribution is -2.38. The lowest BCUT2D eigenvalue weighted by Gasteiger charge is -2.29. The predicted molar refractivity (Wildman–Crippen MR) is 61.8 cm³/mol. The third kappa shape index (κ3) is 2.19. The maximum absolute atomic E-state index is 5.92. The van der Waals surface area contributed by atoms with Crippen molar-refractivity contribution in [3.63, 3.8) is 0 Å². The van der Waals surface area contributed by atoms with E-state index in [0.717, 1.165) is 32.8 Å². The summed E-state index contributed by atoms with van der Waals surface area (Å²) in [5.74, 6) is 0. The van der Waals surface area contributed by atoms with Crippen LogP contribution >= 0.6 is 0 Å². The molecule has 1 atom stereocenters. The van der Waals surface area contributed by atoms with Gasteiger partial charge in [0.2, 0.25) is 0 Å². The standard InChI is InChI=1S/C12H24N2O/c1-11(2)9-12(11,10-13)3-4-14-5-7-15-8-6-14/h3-10,13H2,1-2H3. The van der Waals surface area contributed by atoms with Gasteiger partial charge in [0.1, 0.15) is 0 Å². The number of hydrogen-bond donors (Lipinski definition) is 1. The van der Waals surface area contributed by atoms with Gasteiger partial charge in [-0.25, -0.2) is 0 Å². The molecule has 3 heteroatoms. The molecule has 0 aromatic rings. The number of nitrogens with two attached hydrogens (primary N) is 1. The zero-order valence-electron chi connectivity index (χ0n) is 10.1. The first kappa shape index (κ1) is 11.4. The van der Waals surface area contributed by atoms with Gasteiger partial charge in [-0.05, 0) is 36.8 Å². The predicted octanol–water partition coefficient (Wildman–Crippen LogP) is 1.08. The monoisotopic (exact) mass is 212 g/mol. The summed E-state index contributed by atoms with van der Waals surface area (Å²) in [7, 11) is 0. The highest BCUT2D eigenvalue weighted by molar-refractivity contribution is 5.10. The van der Waals surface area contributed by atoms with Crippen LogP contribution in [0.4, 0.5) is 0 Å². The first-order valence-corrected chi connectivity index (χ1v) is 6.10. The minimum atomic E-state index is 0.436. The van der Waals surface area contributed by atoms with Crippen LogP contribution in [0.5, 0.6) is 0 Å². The van der Waals surface area contributed by atoms with Crippen molar-refractivity contribution in [1.29, 1.82) is 0 Å². The second kappa shape index (κ2) is 4.04. The molecule has 3 nitrogen and oxygen atoms in total. The molecule has 0 spiro atoms. The topological polar surface area (TPSA) is 38.5 Å². The van der Waals surface area contributed by atoms with Crippen LogP contribution in [0, 0.1) is 10.8 Å². The molecular formula is C12H24N2O. The average Bonchev–Trinajstić information content (AvgIpc) is 2.80. The van der Waals surface area contributed by atoms with Crippen molar-refractivity contribution in [1.82, 2.24) is 4.90 Å². The van der Waals surface area contributed by atoms with Gasteiger partial charge in [0, 0.05) is 13.1 Å². The van der Waals surface area contributed by atoms with Crippen molar-refractivity contribution in [2.45, 2.75) is 26.7 Å². The maximum Gasteiger partial charge on any atom is 0.0594 e. The van der Waals surface area contributed by atoms with E-state index in [0.29, 0.717) is 10.8 Å². The third-order valence-corrected chi connectivity index (χ3v) is 4.49. The van der Waals surface area contributed by atoms with E-state index in [1.54, 1.807) is 0 Å². The van der Waals surface area contributed by atoms with Crippen LogP contribution in [0.3, 0.4) is 0 Å². The average molecular weight is 212 g/mol. The summed E-state index contributed by atoms with van der Waals surface area (Å²) in [5, 5.41) is 0. The first-order valence-electron chi connectivity index (χ1n) is 6.10. The van der Waals surface area contributed by atoms with Crippen LogP contribution in [0.25, 0.3) is 0 Å². The molecule has 88 valence electrons. The van der Waals surface area contributed by atoms with Crippen LogP contribution < -0.4 is 5.73 Å². The van der Waals surface area contributed by atoms with Gasteiger partial charge >= 0.3 is 0 Å². The Balaban J connectivity index is 1.77. The third-order valence-electron chi connectivity index (χ3n) is 4.49. The van der Waals surface area contributed by atoms with Gasteiger partial charge in [-0.1, -0.05) is 13.8 Å². The highest BCUT2D eigenvalue weighted by atomic mass is 16.5. The van der Waals surface area contributed by atoms with E-state index in [4.69, 9.17) is 10.5 Å². The van der Waals surface area contributed by atoms with Crippen molar-refractivity contribution in [2.24, 2.45) is 16.6 Å². The summed E-state index contributed by atoms with van der Waals surface area (Å²) < 4.78 is 5.35. The van der Waals surface area contributed by atoms with E-state index in [1.165, 1.54) is 19.4 Å². The summed E-state index contributed by atoms with van der Waals surface area (Å²) >= 11 is 0. The van der Waals surface area contributed by atoms with Gasteiger partial charge in [0.15, 0.2) is 0 Å². The zero-order chi connectivity index (χ0) is 10.9. The van der Waals surface area contributed by atoms with E-state index in [1.807, 2.05) is 0 Å². The van der Waals surface area contributed by atoms with Crippen LogP contribution in [0.2, 0.25) is 0 Å². The number of nitrogens with zero attached hydrogens (tertiary/aromatic N) is 1. The summed E-state index contributed by atoms with van der Waals surface area (Å²) in [4.78, 5) is 2.51. The number of morpholine rings is 1. The fourth-order valence-corrected chi connectivity index (χ4v) is 2.88. The Labute approximate surface area is 93.0 Å². The molecule has 0 aromatic heterocycles. The van der Waals surface area contributed by atoms with E-state index in [9.17, 15) is 0 Å². The molecule has 0 bridgehead atoms. The summed E-state index contributed by atoms with van der Waals surface area (Å²) in [6.07, 6.45) is 2.57. The molecule has 2 fully saturated rings. The highest BCUT2D eigenvalue weighted by Crippen LogP contribution is 2.64. The highest BCUT2D eigenvalue weighted by Gasteiger charge is 2.59. The lowest BCUT2D eigenvalue weighted by molar-refractivity contribution is 0.0340. The van der Waals surface area contributed by atoms with Gasteiger partial charge in [0.25, 0.3) is 0 Å². The Bertz CT molecular complexity index is 224. The Morgan fingerprint density at radius 2 is 1.87 bits per heavy atom. The Morgan fingerprint density at radius 1 is 1.27 bits per heavy atom. The molecule has 2 rings (SSSR count). The lowest BCUT2D eigenvalue weighted by atomic mass is 9.92. The van der Waals surface area contributed by atoms with Crippen molar-refractivity contribution >= 4 is 0 Å². The molecule has 1 aliphatic heterocycles. The second-order valence-corrected chi connectivity index (χ2v) is 5.75. The Kier molecular flexibility index (Phi) is 3.06. The van der Waals surface area contributed by atoms with Gasteiger partial charge in [0.05, 0.1) is 13.2 Å². The number of rotatable bonds is 4. The van der Waals surface area contributed by atoms with Crippen LogP contribution in [-0.4, -0.2) is 44.3 Å². The van der Waals surface area contributed by atoms with Crippen LogP contribution in [0.15, 0.2) is 0 Å². The minimum absolute atomic E-state index is 0.436. The maximum atomic E-state index is 5.92. The van der Waals surface area contributed by atoms with Crippen molar-refractivity contribution in [3.05, 3.63) is 0 Å². The van der Waals surface area contributed by atoms with Crippen molar-refractivity contribution < 1.29 is 4.74 Å². The minimum Gasteiger partial charge on any atom is -0.379 e. The van der Waals surface area contributed by atoms with Gasteiger partial charge < -0.3 is 10.5 Å². The molecule has 1 saturated heterocycles. The second-order valence-electron chi connectivity index (χ2n) is 5.75. The van der Waals surface area contributed by atoms with Gasteiger partial charge in [-0.3, -0.25) is 4.90 Å². The molecule has 1 saturated carbocycles. The van der Waals surface area contributed by atoms with E-state index >= 15 is 0 Å². The molecule has 0 amide bonds. The fourth-order valence-electron chi connectivity index (χ4n) is 2.88. The summed E-state index contributed by atoms with van der Waals surface area (Å²) in [6, 6.07) is 0. The van der Waals surface area contributed by atoms with E-state index in [2.05, 4.69) is 18.7 Å². The Morgan fingerprint density at radius 3 is 2.33 bits per heavy atom. The molecular weight excluding hydrogens is 188 g/mol. The fraction of sp³-hybridized carbons (Fsp3) is 1.00. The number of ether oxygens (including phenoxy) is 1. The van der Waals surface area contributed by atoms with E-state index < -0.39 is 0 Å². The van der Waals surface area contributed by atoms with Crippen LogP contribution in [0.1, 0.15) is 26.7 Å². The quantitative estimate of drug-likeness (QED) is 0.758. The Hall–Kier alpha value is -0.120. The molecule has 1 unspecified atom stereocenters. The molecule has 0 radical (unpaired) electrons. The van der Waals surface area contributed by atoms with Crippen LogP contribution in [-0.2, 0) is 4.74 Å². The normalized spacial score (nSPS) is 35.4. The summed E-state index contributed by atoms with van der Waals surface area (Å²) in [6.45, 7) is 10.7. The smallest absolute Gasteiger partial charge is 0.0594 e. The zero-order valence-corrected chi connectivity index (χ0v) is 10.1. The molecule has 2 aliphatic rings. The SMILES string of the molecule is CC1(C)CC1(CN)CCN1CCOCC1. The molecule has 0 aromatic carbocycles. The first-order chi connectivity index (χ1) is 7.10. The van der Waals surface area contributed by atoms with Gasteiger partial charge in [-0.15, -0.1) is 0 Å². The molecule has 1 heterocycles. The van der Waals surface area contributed by atoms with Crippen molar-refractivity contribution in [2.75, 3.05) is 39.4 Å². The molecule has 2 N–H and O–H groups in total. The molecule has 1 aliphatic carbocycles. The van der Waals surface area contributed by atoms with Gasteiger partial charge in [-0.2, -0.15) is 0 Å².